The molecule has 8 heteroatoms. The van der Waals surface area contributed by atoms with E-state index in [-0.39, 0.29) is 17.1 Å². The van der Waals surface area contributed by atoms with Crippen LogP contribution in [0.2, 0.25) is 0 Å². The summed E-state index contributed by atoms with van der Waals surface area (Å²) in [7, 11) is -3.73. The van der Waals surface area contributed by atoms with Crippen molar-refractivity contribution in [2.24, 2.45) is 0 Å². The molecule has 2 aromatic carbocycles. The van der Waals surface area contributed by atoms with Crippen LogP contribution in [0.25, 0.3) is 0 Å². The number of nitro benzene ring substituents is 1. The molecule has 0 bridgehead atoms. The van der Waals surface area contributed by atoms with Gasteiger partial charge in [0.25, 0.3) is 0 Å². The van der Waals surface area contributed by atoms with Crippen LogP contribution in [0.1, 0.15) is 5.56 Å². The third-order valence-electron chi connectivity index (χ3n) is 3.42. The lowest BCUT2D eigenvalue weighted by Crippen LogP contribution is -2.22. The smallest absolute Gasteiger partial charge is 0.310 e. The normalized spacial score (nSPS) is 12.6. The molecular formula is C16H18N2O5S. The summed E-state index contributed by atoms with van der Waals surface area (Å²) in [5.41, 5.74) is 0.494. The molecule has 0 spiro atoms. The predicted molar refractivity (Wildman–Crippen MR) is 90.8 cm³/mol. The van der Waals surface area contributed by atoms with Crippen LogP contribution in [-0.2, 0) is 16.3 Å². The number of nitrogens with zero attached hydrogens (tertiary/aromatic N) is 1. The molecule has 0 radical (unpaired) electrons. The van der Waals surface area contributed by atoms with Crippen LogP contribution >= 0.6 is 0 Å². The fraction of sp³-hybridized carbons (Fsp3) is 0.250. The molecule has 2 aromatic rings. The summed E-state index contributed by atoms with van der Waals surface area (Å²) < 4.78 is 23.4. The van der Waals surface area contributed by atoms with Crippen LogP contribution in [0, 0.1) is 10.1 Å². The highest BCUT2D eigenvalue weighted by atomic mass is 32.2. The first-order valence-electron chi connectivity index (χ1n) is 7.22. The van der Waals surface area contributed by atoms with E-state index in [1.54, 1.807) is 0 Å². The number of aliphatic hydroxyl groups excluding tert-OH is 1. The molecule has 24 heavy (non-hydrogen) atoms. The highest BCUT2D eigenvalue weighted by molar-refractivity contribution is 7.90. The van der Waals surface area contributed by atoms with Gasteiger partial charge in [-0.1, -0.05) is 36.4 Å². The van der Waals surface area contributed by atoms with E-state index in [2.05, 4.69) is 5.32 Å². The number of sulfone groups is 1. The summed E-state index contributed by atoms with van der Waals surface area (Å²) in [5.74, 6) is 0. The SMILES string of the molecule is CS(=O)(=O)c1cccc(NCC(O)Cc2ccccc2)c1[N+](=O)[O-]. The lowest BCUT2D eigenvalue weighted by molar-refractivity contribution is -0.386. The molecule has 0 aliphatic rings. The van der Waals surface area contributed by atoms with Gasteiger partial charge in [0.05, 0.1) is 11.0 Å². The van der Waals surface area contributed by atoms with Crippen molar-refractivity contribution in [3.8, 4) is 0 Å². The van der Waals surface area contributed by atoms with Gasteiger partial charge in [-0.25, -0.2) is 8.42 Å². The van der Waals surface area contributed by atoms with Crippen molar-refractivity contribution in [1.82, 2.24) is 0 Å². The highest BCUT2D eigenvalue weighted by Gasteiger charge is 2.26. The number of nitro groups is 1. The molecule has 7 nitrogen and oxygen atoms in total. The first-order valence-corrected chi connectivity index (χ1v) is 9.11. The summed E-state index contributed by atoms with van der Waals surface area (Å²) in [4.78, 5) is 10.2. The van der Waals surface area contributed by atoms with E-state index in [0.29, 0.717) is 6.42 Å². The number of para-hydroxylation sites is 1. The van der Waals surface area contributed by atoms with E-state index in [4.69, 9.17) is 0 Å². The second-order valence-electron chi connectivity index (χ2n) is 5.41. The first kappa shape index (κ1) is 17.9. The Morgan fingerprint density at radius 2 is 1.83 bits per heavy atom. The zero-order valence-electron chi connectivity index (χ0n) is 13.0. The van der Waals surface area contributed by atoms with Gasteiger partial charge >= 0.3 is 5.69 Å². The molecule has 0 amide bonds. The van der Waals surface area contributed by atoms with Crippen molar-refractivity contribution in [3.63, 3.8) is 0 Å². The molecule has 0 heterocycles. The third-order valence-corrected chi connectivity index (χ3v) is 4.55. The molecule has 1 unspecified atom stereocenters. The Kier molecular flexibility index (Phi) is 5.53. The van der Waals surface area contributed by atoms with Gasteiger partial charge in [0.2, 0.25) is 0 Å². The van der Waals surface area contributed by atoms with Crippen LogP contribution in [0.5, 0.6) is 0 Å². The Morgan fingerprint density at radius 3 is 2.42 bits per heavy atom. The molecule has 0 saturated carbocycles. The third kappa shape index (κ3) is 4.53. The van der Waals surface area contributed by atoms with Gasteiger partial charge in [-0.05, 0) is 17.7 Å². The minimum atomic E-state index is -3.73. The van der Waals surface area contributed by atoms with Crippen LogP contribution in [0.15, 0.2) is 53.4 Å². The lowest BCUT2D eigenvalue weighted by atomic mass is 10.1. The Balaban J connectivity index is 2.16. The Hall–Kier alpha value is -2.45. The summed E-state index contributed by atoms with van der Waals surface area (Å²) in [6.45, 7) is 0.0585. The van der Waals surface area contributed by atoms with Gasteiger partial charge < -0.3 is 10.4 Å². The highest BCUT2D eigenvalue weighted by Crippen LogP contribution is 2.31. The van der Waals surface area contributed by atoms with Crippen LogP contribution in [0.3, 0.4) is 0 Å². The molecule has 0 aromatic heterocycles. The Morgan fingerprint density at radius 1 is 1.17 bits per heavy atom. The lowest BCUT2D eigenvalue weighted by Gasteiger charge is -2.14. The predicted octanol–water partition coefficient (Wildman–Crippen LogP) is 2.01. The van der Waals surface area contributed by atoms with E-state index < -0.39 is 26.6 Å². The number of hydrogen-bond donors (Lipinski definition) is 2. The largest absolute Gasteiger partial charge is 0.391 e. The average molecular weight is 350 g/mol. The average Bonchev–Trinajstić information content (AvgIpc) is 2.52. The summed E-state index contributed by atoms with van der Waals surface area (Å²) in [6.07, 6.45) is 0.533. The number of anilines is 1. The van der Waals surface area contributed by atoms with Gasteiger partial charge in [0.15, 0.2) is 9.84 Å². The molecule has 0 aliphatic carbocycles. The quantitative estimate of drug-likeness (QED) is 0.584. The van der Waals surface area contributed by atoms with E-state index >= 15 is 0 Å². The fourth-order valence-electron chi connectivity index (χ4n) is 2.34. The number of rotatable bonds is 7. The topological polar surface area (TPSA) is 110 Å². The van der Waals surface area contributed by atoms with Crippen molar-refractivity contribution in [1.29, 1.82) is 0 Å². The first-order chi connectivity index (χ1) is 11.3. The van der Waals surface area contributed by atoms with Gasteiger partial charge in [-0.15, -0.1) is 0 Å². The van der Waals surface area contributed by atoms with Crippen molar-refractivity contribution in [2.45, 2.75) is 17.4 Å². The summed E-state index contributed by atoms with van der Waals surface area (Å²) in [6, 6.07) is 13.4. The monoisotopic (exact) mass is 350 g/mol. The second kappa shape index (κ2) is 7.41. The Bertz CT molecular complexity index is 822. The molecule has 0 aliphatic heterocycles. The van der Waals surface area contributed by atoms with Gasteiger partial charge in [0.1, 0.15) is 10.6 Å². The van der Waals surface area contributed by atoms with Crippen LogP contribution in [0.4, 0.5) is 11.4 Å². The standard InChI is InChI=1S/C16H18N2O5S/c1-24(22,23)15-9-5-8-14(16(15)18(20)21)17-11-13(19)10-12-6-3-2-4-7-12/h2-9,13,17,19H,10-11H2,1H3. The van der Waals surface area contributed by atoms with E-state index in [9.17, 15) is 23.6 Å². The molecule has 1 atom stereocenters. The summed E-state index contributed by atoms with van der Waals surface area (Å²) in [5, 5.41) is 24.1. The number of hydrogen-bond acceptors (Lipinski definition) is 6. The number of benzene rings is 2. The van der Waals surface area contributed by atoms with E-state index in [0.717, 1.165) is 11.8 Å². The van der Waals surface area contributed by atoms with Crippen molar-refractivity contribution >= 4 is 21.2 Å². The van der Waals surface area contributed by atoms with Crippen molar-refractivity contribution < 1.29 is 18.4 Å². The molecule has 2 N–H and O–H groups in total. The zero-order chi connectivity index (χ0) is 17.7. The maximum atomic E-state index is 11.7. The summed E-state index contributed by atoms with van der Waals surface area (Å²) >= 11 is 0. The number of aliphatic hydroxyl groups is 1. The minimum Gasteiger partial charge on any atom is -0.391 e. The van der Waals surface area contributed by atoms with Crippen LogP contribution < -0.4 is 5.32 Å². The second-order valence-corrected chi connectivity index (χ2v) is 7.39. The van der Waals surface area contributed by atoms with E-state index in [1.807, 2.05) is 30.3 Å². The van der Waals surface area contributed by atoms with Gasteiger partial charge in [-0.2, -0.15) is 0 Å². The molecule has 0 fully saturated rings. The van der Waals surface area contributed by atoms with E-state index in [1.165, 1.54) is 18.2 Å². The molecule has 0 saturated heterocycles. The maximum absolute atomic E-state index is 11.7. The van der Waals surface area contributed by atoms with Crippen LogP contribution in [-0.4, -0.2) is 37.4 Å². The van der Waals surface area contributed by atoms with Crippen molar-refractivity contribution in [2.75, 3.05) is 18.1 Å². The van der Waals surface area contributed by atoms with Gasteiger partial charge in [-0.3, -0.25) is 10.1 Å². The maximum Gasteiger partial charge on any atom is 0.310 e. The molecular weight excluding hydrogens is 332 g/mol. The zero-order valence-corrected chi connectivity index (χ0v) is 13.9. The Labute approximate surface area is 140 Å². The minimum absolute atomic E-state index is 0.0585. The molecule has 128 valence electrons. The number of nitrogens with one attached hydrogen (secondary N) is 1. The molecule has 2 rings (SSSR count). The fourth-order valence-corrected chi connectivity index (χ4v) is 3.20. The van der Waals surface area contributed by atoms with Gasteiger partial charge in [0, 0.05) is 19.2 Å². The van der Waals surface area contributed by atoms with Crippen molar-refractivity contribution in [3.05, 3.63) is 64.2 Å².